The largest absolute Gasteiger partial charge is 0.381 e. The summed E-state index contributed by atoms with van der Waals surface area (Å²) in [6.45, 7) is 0. The van der Waals surface area contributed by atoms with Gasteiger partial charge in [0.2, 0.25) is 0 Å². The summed E-state index contributed by atoms with van der Waals surface area (Å²) in [5.41, 5.74) is 12.4. The highest BCUT2D eigenvalue weighted by Crippen LogP contribution is 2.28. The molecule has 1 atom stereocenters. The second-order valence-corrected chi connectivity index (χ2v) is 4.90. The lowest BCUT2D eigenvalue weighted by atomic mass is 10.1. The predicted octanol–water partition coefficient (Wildman–Crippen LogP) is 2.41. The molecule has 1 unspecified atom stereocenters. The molecule has 0 radical (unpaired) electrons. The van der Waals surface area contributed by atoms with E-state index in [9.17, 15) is 0 Å². The van der Waals surface area contributed by atoms with E-state index in [-0.39, 0.29) is 6.17 Å². The van der Waals surface area contributed by atoms with Gasteiger partial charge in [0.05, 0.1) is 11.2 Å². The second kappa shape index (κ2) is 4.13. The van der Waals surface area contributed by atoms with Crippen LogP contribution in [0.3, 0.4) is 0 Å². The third-order valence-electron chi connectivity index (χ3n) is 3.69. The van der Waals surface area contributed by atoms with E-state index in [4.69, 9.17) is 5.73 Å². The van der Waals surface area contributed by atoms with Crippen molar-refractivity contribution >= 4 is 16.7 Å². The molecule has 98 valence electrons. The summed E-state index contributed by atoms with van der Waals surface area (Å²) in [6, 6.07) is 20.6. The van der Waals surface area contributed by atoms with Crippen LogP contribution in [0.4, 0.5) is 0 Å². The summed E-state index contributed by atoms with van der Waals surface area (Å²) in [5.74, 6) is 0.522. The molecule has 0 saturated carbocycles. The number of hydrogen-bond donors (Lipinski definition) is 2. The highest BCUT2D eigenvalue weighted by Gasteiger charge is 2.24. The molecule has 4 heteroatoms. The van der Waals surface area contributed by atoms with Gasteiger partial charge in [-0.3, -0.25) is 5.43 Å². The van der Waals surface area contributed by atoms with Crippen LogP contribution in [0.2, 0.25) is 0 Å². The van der Waals surface area contributed by atoms with Crippen LogP contribution in [-0.2, 0) is 0 Å². The maximum Gasteiger partial charge on any atom is 0.167 e. The van der Waals surface area contributed by atoms with Gasteiger partial charge in [0.25, 0.3) is 0 Å². The van der Waals surface area contributed by atoms with Crippen LogP contribution in [0.5, 0.6) is 0 Å². The zero-order chi connectivity index (χ0) is 13.5. The number of hydrogen-bond acceptors (Lipinski definition) is 3. The Bertz CT molecular complexity index is 802. The summed E-state index contributed by atoms with van der Waals surface area (Å²) in [4.78, 5) is 0. The van der Waals surface area contributed by atoms with E-state index in [0.29, 0.717) is 5.84 Å². The molecular weight excluding hydrogens is 248 g/mol. The molecule has 4 rings (SSSR count). The lowest BCUT2D eigenvalue weighted by Gasteiger charge is -2.26. The first-order valence-electron chi connectivity index (χ1n) is 6.58. The van der Waals surface area contributed by atoms with Crippen molar-refractivity contribution in [3.8, 4) is 0 Å². The van der Waals surface area contributed by atoms with Crippen LogP contribution in [0, 0.1) is 0 Å². The number of amidine groups is 1. The van der Waals surface area contributed by atoms with E-state index in [1.54, 1.807) is 0 Å². The van der Waals surface area contributed by atoms with Gasteiger partial charge in [-0.15, -0.1) is 0 Å². The first kappa shape index (κ1) is 11.1. The minimum Gasteiger partial charge on any atom is -0.381 e. The zero-order valence-electron chi connectivity index (χ0n) is 10.8. The van der Waals surface area contributed by atoms with Crippen LogP contribution in [-0.4, -0.2) is 10.4 Å². The maximum absolute atomic E-state index is 6.02. The summed E-state index contributed by atoms with van der Waals surface area (Å²) in [5, 5.41) is 5.42. The van der Waals surface area contributed by atoms with Crippen molar-refractivity contribution in [2.45, 2.75) is 6.17 Å². The summed E-state index contributed by atoms with van der Waals surface area (Å²) < 4.78 is 2.20. The van der Waals surface area contributed by atoms with Crippen LogP contribution in [0.25, 0.3) is 10.9 Å². The summed E-state index contributed by atoms with van der Waals surface area (Å²) >= 11 is 0. The zero-order valence-corrected chi connectivity index (χ0v) is 10.8. The van der Waals surface area contributed by atoms with E-state index < -0.39 is 0 Å². The second-order valence-electron chi connectivity index (χ2n) is 4.90. The Hall–Kier alpha value is -2.75. The van der Waals surface area contributed by atoms with Gasteiger partial charge < -0.3 is 10.3 Å². The van der Waals surface area contributed by atoms with E-state index in [1.165, 1.54) is 5.39 Å². The highest BCUT2D eigenvalue weighted by molar-refractivity contribution is 6.01. The molecular formula is C16H14N4. The predicted molar refractivity (Wildman–Crippen MR) is 80.4 cm³/mol. The van der Waals surface area contributed by atoms with Crippen molar-refractivity contribution < 1.29 is 0 Å². The van der Waals surface area contributed by atoms with Crippen molar-refractivity contribution in [3.63, 3.8) is 0 Å². The SMILES string of the molecule is NC1=NNC(c2ccccc2)n2c1cc1ccccc12. The molecule has 0 spiro atoms. The quantitative estimate of drug-likeness (QED) is 0.707. The molecule has 1 aromatic heterocycles. The van der Waals surface area contributed by atoms with Crippen LogP contribution < -0.4 is 11.2 Å². The Morgan fingerprint density at radius 3 is 2.60 bits per heavy atom. The Balaban J connectivity index is 1.99. The van der Waals surface area contributed by atoms with E-state index in [2.05, 4.69) is 45.4 Å². The number of aromatic nitrogens is 1. The van der Waals surface area contributed by atoms with Gasteiger partial charge in [0.15, 0.2) is 5.84 Å². The van der Waals surface area contributed by atoms with Crippen LogP contribution in [0.15, 0.2) is 65.8 Å². The van der Waals surface area contributed by atoms with Crippen LogP contribution in [0.1, 0.15) is 17.4 Å². The molecule has 0 amide bonds. The Morgan fingerprint density at radius 2 is 1.75 bits per heavy atom. The highest BCUT2D eigenvalue weighted by atomic mass is 15.4. The molecule has 2 heterocycles. The topological polar surface area (TPSA) is 55.3 Å². The Morgan fingerprint density at radius 1 is 1.00 bits per heavy atom. The standard InChI is InChI=1S/C16H14N4/c17-15-14-10-12-8-4-5-9-13(12)20(14)16(19-18-15)11-6-2-1-3-7-11/h1-10,16,19H,(H2,17,18). The van der Waals surface area contributed by atoms with Crippen LogP contribution >= 0.6 is 0 Å². The molecule has 1 aliphatic heterocycles. The van der Waals surface area contributed by atoms with Gasteiger partial charge in [-0.05, 0) is 17.7 Å². The van der Waals surface area contributed by atoms with Crippen molar-refractivity contribution in [3.05, 3.63) is 71.9 Å². The number of para-hydroxylation sites is 1. The van der Waals surface area contributed by atoms with Crippen molar-refractivity contribution in [2.75, 3.05) is 0 Å². The van der Waals surface area contributed by atoms with E-state index in [1.807, 2.05) is 30.3 Å². The average molecular weight is 262 g/mol. The van der Waals surface area contributed by atoms with Gasteiger partial charge in [-0.1, -0.05) is 48.5 Å². The fourth-order valence-electron chi connectivity index (χ4n) is 2.76. The first-order valence-corrected chi connectivity index (χ1v) is 6.58. The van der Waals surface area contributed by atoms with Gasteiger partial charge in [-0.25, -0.2) is 0 Å². The lowest BCUT2D eigenvalue weighted by Crippen LogP contribution is -2.35. The molecule has 0 bridgehead atoms. The third-order valence-corrected chi connectivity index (χ3v) is 3.69. The van der Waals surface area contributed by atoms with Gasteiger partial charge in [0, 0.05) is 5.39 Å². The number of benzene rings is 2. The fraction of sp³-hybridized carbons (Fsp3) is 0.0625. The molecule has 0 aliphatic carbocycles. The van der Waals surface area contributed by atoms with Gasteiger partial charge in [-0.2, -0.15) is 5.10 Å². The molecule has 2 aromatic carbocycles. The Labute approximate surface area is 116 Å². The molecule has 3 aromatic rings. The molecule has 20 heavy (non-hydrogen) atoms. The average Bonchev–Trinajstić information content (AvgIpc) is 2.89. The summed E-state index contributed by atoms with van der Waals surface area (Å²) in [7, 11) is 0. The number of nitrogens with zero attached hydrogens (tertiary/aromatic N) is 2. The first-order chi connectivity index (χ1) is 9.84. The fourth-order valence-corrected chi connectivity index (χ4v) is 2.76. The molecule has 4 nitrogen and oxygen atoms in total. The smallest absolute Gasteiger partial charge is 0.167 e. The van der Waals surface area contributed by atoms with E-state index >= 15 is 0 Å². The minimum atomic E-state index is -0.0293. The molecule has 3 N–H and O–H groups in total. The van der Waals surface area contributed by atoms with Crippen molar-refractivity contribution in [2.24, 2.45) is 10.8 Å². The number of hydrazone groups is 1. The van der Waals surface area contributed by atoms with E-state index in [0.717, 1.165) is 16.8 Å². The minimum absolute atomic E-state index is 0.0293. The third kappa shape index (κ3) is 1.51. The summed E-state index contributed by atoms with van der Waals surface area (Å²) in [6.07, 6.45) is -0.0293. The maximum atomic E-state index is 6.02. The number of fused-ring (bicyclic) bond motifs is 3. The Kier molecular flexibility index (Phi) is 2.29. The number of nitrogens with one attached hydrogen (secondary N) is 1. The monoisotopic (exact) mass is 262 g/mol. The molecule has 1 aliphatic rings. The van der Waals surface area contributed by atoms with Crippen molar-refractivity contribution in [1.82, 2.24) is 9.99 Å². The number of rotatable bonds is 1. The normalized spacial score (nSPS) is 17.4. The number of nitrogens with two attached hydrogens (primary N) is 1. The molecule has 0 fully saturated rings. The van der Waals surface area contributed by atoms with Gasteiger partial charge in [0.1, 0.15) is 6.17 Å². The van der Waals surface area contributed by atoms with Crippen molar-refractivity contribution in [1.29, 1.82) is 0 Å². The lowest BCUT2D eigenvalue weighted by molar-refractivity contribution is 0.480. The van der Waals surface area contributed by atoms with Gasteiger partial charge >= 0.3 is 0 Å². The molecule has 0 saturated heterocycles.